The molecule has 0 amide bonds. The standard InChI is InChI=1S/C13H18N2O5/c1-4-20-12-6-10(5-11(7-12)15(18)19)14(9(2)3)8-13(16)17/h5-7,9H,4,8H2,1-3H3,(H,16,17). The highest BCUT2D eigenvalue weighted by Crippen LogP contribution is 2.29. The van der Waals surface area contributed by atoms with Crippen LogP contribution in [-0.4, -0.2) is 35.2 Å². The first-order valence-corrected chi connectivity index (χ1v) is 6.25. The molecule has 0 bridgehead atoms. The molecule has 0 spiro atoms. The Labute approximate surface area is 116 Å². The highest BCUT2D eigenvalue weighted by atomic mass is 16.6. The summed E-state index contributed by atoms with van der Waals surface area (Å²) in [5.41, 5.74) is 0.335. The minimum absolute atomic E-state index is 0.109. The third-order valence-corrected chi connectivity index (χ3v) is 2.66. The molecule has 0 saturated carbocycles. The van der Waals surface area contributed by atoms with E-state index in [4.69, 9.17) is 9.84 Å². The number of non-ortho nitro benzene ring substituents is 1. The van der Waals surface area contributed by atoms with E-state index in [1.54, 1.807) is 17.9 Å². The molecular formula is C13H18N2O5. The summed E-state index contributed by atoms with van der Waals surface area (Å²) in [4.78, 5) is 22.9. The van der Waals surface area contributed by atoms with Gasteiger partial charge in [-0.2, -0.15) is 0 Å². The molecule has 0 atom stereocenters. The quantitative estimate of drug-likeness (QED) is 0.609. The van der Waals surface area contributed by atoms with Crippen molar-refractivity contribution in [2.45, 2.75) is 26.8 Å². The minimum atomic E-state index is -0.997. The van der Waals surface area contributed by atoms with E-state index in [1.807, 2.05) is 13.8 Å². The van der Waals surface area contributed by atoms with Gasteiger partial charge in [0.25, 0.3) is 5.69 Å². The number of carboxylic acid groups (broad SMARTS) is 1. The summed E-state index contributed by atoms with van der Waals surface area (Å²) in [6, 6.07) is 4.18. The van der Waals surface area contributed by atoms with Gasteiger partial charge in [-0.15, -0.1) is 0 Å². The van der Waals surface area contributed by atoms with Crippen LogP contribution in [-0.2, 0) is 4.79 Å². The van der Waals surface area contributed by atoms with Crippen molar-refractivity contribution in [3.63, 3.8) is 0 Å². The van der Waals surface area contributed by atoms with Crippen molar-refractivity contribution in [2.24, 2.45) is 0 Å². The van der Waals surface area contributed by atoms with Gasteiger partial charge >= 0.3 is 5.97 Å². The second-order valence-corrected chi connectivity index (χ2v) is 4.49. The summed E-state index contributed by atoms with van der Waals surface area (Å²) in [5.74, 6) is -0.643. The Hall–Kier alpha value is -2.31. The predicted molar refractivity (Wildman–Crippen MR) is 74.4 cm³/mol. The van der Waals surface area contributed by atoms with Crippen LogP contribution in [0.5, 0.6) is 5.75 Å². The molecule has 0 aliphatic heterocycles. The van der Waals surface area contributed by atoms with Crippen LogP contribution >= 0.6 is 0 Å². The Kier molecular flexibility index (Phi) is 5.31. The van der Waals surface area contributed by atoms with Crippen molar-refractivity contribution in [1.82, 2.24) is 0 Å². The monoisotopic (exact) mass is 282 g/mol. The fourth-order valence-corrected chi connectivity index (χ4v) is 1.81. The molecule has 7 heteroatoms. The van der Waals surface area contributed by atoms with Gasteiger partial charge in [0.05, 0.1) is 17.6 Å². The van der Waals surface area contributed by atoms with Crippen molar-refractivity contribution < 1.29 is 19.6 Å². The van der Waals surface area contributed by atoms with Gasteiger partial charge in [-0.05, 0) is 20.8 Å². The van der Waals surface area contributed by atoms with Gasteiger partial charge in [-0.25, -0.2) is 0 Å². The number of carbonyl (C=O) groups is 1. The first-order chi connectivity index (χ1) is 9.35. The van der Waals surface area contributed by atoms with Gasteiger partial charge in [0, 0.05) is 23.9 Å². The molecule has 110 valence electrons. The molecule has 7 nitrogen and oxygen atoms in total. The van der Waals surface area contributed by atoms with Crippen molar-refractivity contribution >= 4 is 17.3 Å². The lowest BCUT2D eigenvalue weighted by molar-refractivity contribution is -0.384. The maximum absolute atomic E-state index is 10.9. The number of aliphatic carboxylic acids is 1. The SMILES string of the molecule is CCOc1cc(N(CC(=O)O)C(C)C)cc([N+](=O)[O-])c1. The molecule has 1 N–H and O–H groups in total. The number of hydrogen-bond acceptors (Lipinski definition) is 5. The summed E-state index contributed by atoms with van der Waals surface area (Å²) in [7, 11) is 0. The molecule has 0 radical (unpaired) electrons. The van der Waals surface area contributed by atoms with Crippen LogP contribution in [0.25, 0.3) is 0 Å². The maximum atomic E-state index is 10.9. The molecule has 0 unspecified atom stereocenters. The average Bonchev–Trinajstić information content (AvgIpc) is 2.35. The van der Waals surface area contributed by atoms with E-state index in [1.165, 1.54) is 12.1 Å². The first kappa shape index (κ1) is 15.7. The molecular weight excluding hydrogens is 264 g/mol. The fourth-order valence-electron chi connectivity index (χ4n) is 1.81. The Morgan fingerprint density at radius 1 is 1.45 bits per heavy atom. The zero-order chi connectivity index (χ0) is 15.3. The van der Waals surface area contributed by atoms with E-state index >= 15 is 0 Å². The Balaban J connectivity index is 3.24. The van der Waals surface area contributed by atoms with Crippen LogP contribution in [0, 0.1) is 10.1 Å². The molecule has 0 saturated heterocycles. The molecule has 20 heavy (non-hydrogen) atoms. The van der Waals surface area contributed by atoms with Crippen molar-refractivity contribution in [3.05, 3.63) is 28.3 Å². The van der Waals surface area contributed by atoms with Gasteiger partial charge in [0.2, 0.25) is 0 Å². The van der Waals surface area contributed by atoms with Crippen LogP contribution in [0.1, 0.15) is 20.8 Å². The fraction of sp³-hybridized carbons (Fsp3) is 0.462. The molecule has 0 aliphatic rings. The smallest absolute Gasteiger partial charge is 0.323 e. The molecule has 1 aromatic rings. The maximum Gasteiger partial charge on any atom is 0.323 e. The number of benzene rings is 1. The van der Waals surface area contributed by atoms with Crippen molar-refractivity contribution in [3.8, 4) is 5.75 Å². The van der Waals surface area contributed by atoms with Crippen molar-refractivity contribution in [1.29, 1.82) is 0 Å². The van der Waals surface area contributed by atoms with Crippen LogP contribution in [0.3, 0.4) is 0 Å². The van der Waals surface area contributed by atoms with Crippen LogP contribution < -0.4 is 9.64 Å². The summed E-state index contributed by atoms with van der Waals surface area (Å²) in [6.07, 6.45) is 0. The number of nitro groups is 1. The van der Waals surface area contributed by atoms with Gasteiger partial charge in [-0.1, -0.05) is 0 Å². The average molecular weight is 282 g/mol. The Bertz CT molecular complexity index is 502. The lowest BCUT2D eigenvalue weighted by Gasteiger charge is -2.27. The molecule has 0 aliphatic carbocycles. The molecule has 0 heterocycles. The summed E-state index contributed by atoms with van der Waals surface area (Å²) in [6.45, 7) is 5.56. The van der Waals surface area contributed by atoms with E-state index < -0.39 is 10.9 Å². The second-order valence-electron chi connectivity index (χ2n) is 4.49. The third kappa shape index (κ3) is 4.11. The van der Waals surface area contributed by atoms with Crippen LogP contribution in [0.2, 0.25) is 0 Å². The Morgan fingerprint density at radius 2 is 2.10 bits per heavy atom. The van der Waals surface area contributed by atoms with E-state index in [0.717, 1.165) is 0 Å². The predicted octanol–water partition coefficient (Wildman–Crippen LogP) is 2.29. The van der Waals surface area contributed by atoms with Gasteiger partial charge in [0.1, 0.15) is 12.3 Å². The van der Waals surface area contributed by atoms with E-state index in [-0.39, 0.29) is 18.3 Å². The summed E-state index contributed by atoms with van der Waals surface area (Å²) < 4.78 is 5.29. The first-order valence-electron chi connectivity index (χ1n) is 6.25. The topological polar surface area (TPSA) is 92.9 Å². The van der Waals surface area contributed by atoms with Crippen LogP contribution in [0.4, 0.5) is 11.4 Å². The van der Waals surface area contributed by atoms with Crippen molar-refractivity contribution in [2.75, 3.05) is 18.1 Å². The molecule has 1 rings (SSSR count). The number of ether oxygens (including phenoxy) is 1. The number of carboxylic acids is 1. The zero-order valence-corrected chi connectivity index (χ0v) is 11.7. The number of hydrogen-bond donors (Lipinski definition) is 1. The van der Waals surface area contributed by atoms with Gasteiger partial charge in [-0.3, -0.25) is 14.9 Å². The Morgan fingerprint density at radius 3 is 2.55 bits per heavy atom. The van der Waals surface area contributed by atoms with Gasteiger partial charge < -0.3 is 14.7 Å². The zero-order valence-electron chi connectivity index (χ0n) is 11.7. The highest BCUT2D eigenvalue weighted by molar-refractivity contribution is 5.74. The molecule has 1 aromatic carbocycles. The number of rotatable bonds is 7. The summed E-state index contributed by atoms with van der Waals surface area (Å²) >= 11 is 0. The molecule has 0 aromatic heterocycles. The normalized spacial score (nSPS) is 10.4. The number of nitrogens with zero attached hydrogens (tertiary/aromatic N) is 2. The highest BCUT2D eigenvalue weighted by Gasteiger charge is 2.19. The number of nitro benzene ring substituents is 1. The number of anilines is 1. The third-order valence-electron chi connectivity index (χ3n) is 2.66. The second kappa shape index (κ2) is 6.74. The van der Waals surface area contributed by atoms with E-state index in [0.29, 0.717) is 18.0 Å². The van der Waals surface area contributed by atoms with E-state index in [2.05, 4.69) is 0 Å². The molecule has 0 fully saturated rings. The van der Waals surface area contributed by atoms with E-state index in [9.17, 15) is 14.9 Å². The lowest BCUT2D eigenvalue weighted by atomic mass is 10.2. The largest absolute Gasteiger partial charge is 0.494 e. The van der Waals surface area contributed by atoms with Gasteiger partial charge in [0.15, 0.2) is 0 Å². The lowest BCUT2D eigenvalue weighted by Crippen LogP contribution is -2.35. The minimum Gasteiger partial charge on any atom is -0.494 e. The van der Waals surface area contributed by atoms with Crippen LogP contribution in [0.15, 0.2) is 18.2 Å². The summed E-state index contributed by atoms with van der Waals surface area (Å²) in [5, 5.41) is 19.9.